The van der Waals surface area contributed by atoms with E-state index >= 15 is 0 Å². The summed E-state index contributed by atoms with van der Waals surface area (Å²) in [5, 5.41) is 2.86. The number of nitrogens with zero attached hydrogens (tertiary/aromatic N) is 1. The number of carbonyl (C=O) groups is 2. The molecule has 1 aliphatic heterocycles. The van der Waals surface area contributed by atoms with Gasteiger partial charge in [0.2, 0.25) is 0 Å². The molecule has 1 fully saturated rings. The van der Waals surface area contributed by atoms with Gasteiger partial charge in [-0.25, -0.2) is 9.18 Å². The zero-order valence-corrected chi connectivity index (χ0v) is 14.8. The van der Waals surface area contributed by atoms with Crippen LogP contribution >= 0.6 is 11.6 Å². The molecule has 1 heterocycles. The van der Waals surface area contributed by atoms with Crippen molar-refractivity contribution in [2.24, 2.45) is 0 Å². The SMILES string of the molecule is CC(C)(C)OC(=O)N1CCC(NC(=O)c2c(F)cccc2Cl)CC1. The van der Waals surface area contributed by atoms with Crippen LogP contribution in [0.3, 0.4) is 0 Å². The number of amides is 2. The van der Waals surface area contributed by atoms with E-state index in [-0.39, 0.29) is 22.7 Å². The molecular weight excluding hydrogens is 335 g/mol. The number of ether oxygens (including phenoxy) is 1. The first-order valence-electron chi connectivity index (χ1n) is 7.90. The van der Waals surface area contributed by atoms with Gasteiger partial charge in [0.15, 0.2) is 0 Å². The molecule has 2 amide bonds. The second-order valence-electron chi connectivity index (χ2n) is 6.81. The molecule has 132 valence electrons. The van der Waals surface area contributed by atoms with Crippen LogP contribution < -0.4 is 5.32 Å². The van der Waals surface area contributed by atoms with Crippen LogP contribution in [0.5, 0.6) is 0 Å². The third kappa shape index (κ3) is 4.84. The van der Waals surface area contributed by atoms with Crippen molar-refractivity contribution in [3.8, 4) is 0 Å². The van der Waals surface area contributed by atoms with E-state index in [1.807, 2.05) is 20.8 Å². The Morgan fingerprint density at radius 3 is 2.46 bits per heavy atom. The molecule has 2 rings (SSSR count). The van der Waals surface area contributed by atoms with Gasteiger partial charge in [-0.3, -0.25) is 4.79 Å². The van der Waals surface area contributed by atoms with Gasteiger partial charge >= 0.3 is 6.09 Å². The zero-order valence-electron chi connectivity index (χ0n) is 14.1. The Morgan fingerprint density at radius 1 is 1.29 bits per heavy atom. The maximum Gasteiger partial charge on any atom is 0.410 e. The number of benzene rings is 1. The fraction of sp³-hybridized carbons (Fsp3) is 0.529. The summed E-state index contributed by atoms with van der Waals surface area (Å²) in [6, 6.07) is 4.00. The van der Waals surface area contributed by atoms with Crippen LogP contribution in [-0.4, -0.2) is 41.6 Å². The molecular formula is C17H22ClFN2O3. The third-order valence-electron chi connectivity index (χ3n) is 3.67. The van der Waals surface area contributed by atoms with E-state index in [1.54, 1.807) is 4.90 Å². The van der Waals surface area contributed by atoms with E-state index < -0.39 is 17.3 Å². The van der Waals surface area contributed by atoms with Gasteiger partial charge in [0.1, 0.15) is 11.4 Å². The topological polar surface area (TPSA) is 58.6 Å². The van der Waals surface area contributed by atoms with Crippen molar-refractivity contribution in [1.82, 2.24) is 10.2 Å². The monoisotopic (exact) mass is 356 g/mol. The fourth-order valence-corrected chi connectivity index (χ4v) is 2.75. The molecule has 1 aliphatic rings. The Labute approximate surface area is 146 Å². The molecule has 1 aromatic rings. The van der Waals surface area contributed by atoms with Crippen LogP contribution in [-0.2, 0) is 4.74 Å². The summed E-state index contributed by atoms with van der Waals surface area (Å²) in [6.07, 6.45) is 0.804. The lowest BCUT2D eigenvalue weighted by molar-refractivity contribution is 0.0199. The smallest absolute Gasteiger partial charge is 0.410 e. The molecule has 1 saturated heterocycles. The number of hydrogen-bond acceptors (Lipinski definition) is 3. The van der Waals surface area contributed by atoms with Gasteiger partial charge in [0.05, 0.1) is 10.6 Å². The van der Waals surface area contributed by atoms with Crippen molar-refractivity contribution in [3.05, 3.63) is 34.6 Å². The predicted octanol–water partition coefficient (Wildman–Crippen LogP) is 3.61. The highest BCUT2D eigenvalue weighted by Gasteiger charge is 2.28. The van der Waals surface area contributed by atoms with Gasteiger partial charge in [-0.2, -0.15) is 0 Å². The molecule has 1 aromatic carbocycles. The molecule has 0 unspecified atom stereocenters. The van der Waals surface area contributed by atoms with E-state index in [2.05, 4.69) is 5.32 Å². The van der Waals surface area contributed by atoms with Crippen molar-refractivity contribution in [2.45, 2.75) is 45.3 Å². The molecule has 5 nitrogen and oxygen atoms in total. The zero-order chi connectivity index (χ0) is 17.9. The number of halogens is 2. The number of rotatable bonds is 2. The van der Waals surface area contributed by atoms with Crippen LogP contribution in [0.2, 0.25) is 5.02 Å². The average molecular weight is 357 g/mol. The van der Waals surface area contributed by atoms with Gasteiger partial charge in [0.25, 0.3) is 5.91 Å². The Bertz CT molecular complexity index is 603. The van der Waals surface area contributed by atoms with Gasteiger partial charge in [-0.05, 0) is 45.7 Å². The molecule has 0 saturated carbocycles. The lowest BCUT2D eigenvalue weighted by Crippen LogP contribution is -2.47. The average Bonchev–Trinajstić information content (AvgIpc) is 2.46. The second kappa shape index (κ2) is 7.38. The summed E-state index contributed by atoms with van der Waals surface area (Å²) >= 11 is 5.90. The molecule has 0 spiro atoms. The van der Waals surface area contributed by atoms with Crippen LogP contribution in [0, 0.1) is 5.82 Å². The van der Waals surface area contributed by atoms with Crippen molar-refractivity contribution in [2.75, 3.05) is 13.1 Å². The van der Waals surface area contributed by atoms with E-state index in [9.17, 15) is 14.0 Å². The Kier molecular flexibility index (Phi) is 5.70. The molecule has 0 atom stereocenters. The van der Waals surface area contributed by atoms with Gasteiger partial charge in [0, 0.05) is 19.1 Å². The minimum atomic E-state index is -0.647. The number of nitrogens with one attached hydrogen (secondary N) is 1. The van der Waals surface area contributed by atoms with Crippen molar-refractivity contribution < 1.29 is 18.7 Å². The molecule has 1 N–H and O–H groups in total. The first-order valence-corrected chi connectivity index (χ1v) is 8.28. The highest BCUT2D eigenvalue weighted by atomic mass is 35.5. The van der Waals surface area contributed by atoms with Crippen molar-refractivity contribution >= 4 is 23.6 Å². The summed E-state index contributed by atoms with van der Waals surface area (Å²) in [4.78, 5) is 25.8. The first-order chi connectivity index (χ1) is 11.2. The number of likely N-dealkylation sites (tertiary alicyclic amines) is 1. The van der Waals surface area contributed by atoms with E-state index in [4.69, 9.17) is 16.3 Å². The van der Waals surface area contributed by atoms with Crippen LogP contribution in [0.4, 0.5) is 9.18 Å². The maximum atomic E-state index is 13.8. The summed E-state index contributed by atoms with van der Waals surface area (Å²) < 4.78 is 19.1. The maximum absolute atomic E-state index is 13.8. The van der Waals surface area contributed by atoms with Gasteiger partial charge in [-0.15, -0.1) is 0 Å². The van der Waals surface area contributed by atoms with E-state index in [0.717, 1.165) is 0 Å². The summed E-state index contributed by atoms with van der Waals surface area (Å²) in [5.41, 5.74) is -0.683. The number of hydrogen-bond donors (Lipinski definition) is 1. The summed E-state index contributed by atoms with van der Waals surface area (Å²) in [5.74, 6) is -1.18. The van der Waals surface area contributed by atoms with Crippen LogP contribution in [0.15, 0.2) is 18.2 Å². The minimum absolute atomic E-state index is 0.0821. The normalized spacial score (nSPS) is 16.0. The van der Waals surface area contributed by atoms with E-state index in [1.165, 1.54) is 18.2 Å². The van der Waals surface area contributed by atoms with Crippen molar-refractivity contribution in [1.29, 1.82) is 0 Å². The molecule has 7 heteroatoms. The van der Waals surface area contributed by atoms with Gasteiger partial charge in [-0.1, -0.05) is 17.7 Å². The molecule has 0 aliphatic carbocycles. The largest absolute Gasteiger partial charge is 0.444 e. The van der Waals surface area contributed by atoms with Crippen LogP contribution in [0.25, 0.3) is 0 Å². The Hall–Kier alpha value is -1.82. The third-order valence-corrected chi connectivity index (χ3v) is 3.99. The van der Waals surface area contributed by atoms with Crippen molar-refractivity contribution in [3.63, 3.8) is 0 Å². The fourth-order valence-electron chi connectivity index (χ4n) is 2.51. The molecule has 24 heavy (non-hydrogen) atoms. The minimum Gasteiger partial charge on any atom is -0.444 e. The second-order valence-corrected chi connectivity index (χ2v) is 7.22. The molecule has 0 aromatic heterocycles. The first kappa shape index (κ1) is 18.5. The van der Waals surface area contributed by atoms with Crippen LogP contribution in [0.1, 0.15) is 44.0 Å². The summed E-state index contributed by atoms with van der Waals surface area (Å²) in [6.45, 7) is 6.40. The molecule has 0 bridgehead atoms. The quantitative estimate of drug-likeness (QED) is 0.880. The highest BCUT2D eigenvalue weighted by Crippen LogP contribution is 2.20. The summed E-state index contributed by atoms with van der Waals surface area (Å²) in [7, 11) is 0. The van der Waals surface area contributed by atoms with E-state index in [0.29, 0.717) is 25.9 Å². The van der Waals surface area contributed by atoms with Gasteiger partial charge < -0.3 is 15.0 Å². The number of carbonyl (C=O) groups excluding carboxylic acids is 2. The predicted molar refractivity (Wildman–Crippen MR) is 89.7 cm³/mol. The Morgan fingerprint density at radius 2 is 1.92 bits per heavy atom. The standard InChI is InChI=1S/C17H22ClFN2O3/c1-17(2,3)24-16(23)21-9-7-11(8-10-21)20-15(22)14-12(18)5-4-6-13(14)19/h4-6,11H,7-10H2,1-3H3,(H,20,22). The number of piperidine rings is 1. The highest BCUT2D eigenvalue weighted by molar-refractivity contribution is 6.33. The molecule has 0 radical (unpaired) electrons. The Balaban J connectivity index is 1.89. The lowest BCUT2D eigenvalue weighted by Gasteiger charge is -2.33. The lowest BCUT2D eigenvalue weighted by atomic mass is 10.0.